The first-order valence-electron chi connectivity index (χ1n) is 3.91. The molecule has 0 amide bonds. The van der Waals surface area contributed by atoms with Gasteiger partial charge in [-0.1, -0.05) is 23.2 Å². The second kappa shape index (κ2) is 4.89. The molecule has 1 aliphatic carbocycles. The molecule has 0 fully saturated rings. The number of aliphatic imine (C=N–C) groups is 2. The maximum Gasteiger partial charge on any atom is 0.206 e. The summed E-state index contributed by atoms with van der Waals surface area (Å²) in [5.74, 6) is -0.815. The predicted molar refractivity (Wildman–Crippen MR) is 58.6 cm³/mol. The summed E-state index contributed by atoms with van der Waals surface area (Å²) in [6.07, 6.45) is 2.91. The second-order valence-corrected chi connectivity index (χ2v) is 3.44. The van der Waals surface area contributed by atoms with Gasteiger partial charge in [0, 0.05) is 5.57 Å². The molecule has 0 N–H and O–H groups in total. The fourth-order valence-electron chi connectivity index (χ4n) is 1.08. The maximum atomic E-state index is 13.7. The van der Waals surface area contributed by atoms with E-state index in [1.54, 1.807) is 0 Å². The van der Waals surface area contributed by atoms with Crippen molar-refractivity contribution in [3.05, 3.63) is 21.5 Å². The highest BCUT2D eigenvalue weighted by Crippen LogP contribution is 2.31. The molecule has 7 heteroatoms. The molecule has 0 heterocycles. The van der Waals surface area contributed by atoms with Crippen molar-refractivity contribution in [1.82, 2.24) is 0 Å². The van der Waals surface area contributed by atoms with Crippen molar-refractivity contribution in [3.8, 4) is 12.4 Å². The zero-order chi connectivity index (χ0) is 12.3. The first kappa shape index (κ1) is 12.4. The van der Waals surface area contributed by atoms with Crippen molar-refractivity contribution in [1.29, 1.82) is 10.5 Å². The van der Waals surface area contributed by atoms with Crippen LogP contribution in [0.1, 0.15) is 6.92 Å². The van der Waals surface area contributed by atoms with Crippen LogP contribution in [0.5, 0.6) is 0 Å². The molecule has 0 aromatic rings. The van der Waals surface area contributed by atoms with Gasteiger partial charge in [-0.15, -0.1) is 0 Å². The summed E-state index contributed by atoms with van der Waals surface area (Å²) >= 11 is 11.5. The molecule has 0 radical (unpaired) electrons. The van der Waals surface area contributed by atoms with Crippen molar-refractivity contribution < 1.29 is 4.39 Å². The van der Waals surface area contributed by atoms with Gasteiger partial charge < -0.3 is 0 Å². The summed E-state index contributed by atoms with van der Waals surface area (Å²) in [6.45, 7) is 1.37. The van der Waals surface area contributed by atoms with Gasteiger partial charge in [0.25, 0.3) is 0 Å². The average Bonchev–Trinajstić information content (AvgIpc) is 2.28. The standard InChI is InChI=1S/C9H3Cl2FN4/c1-4-7(12)9(16-3-14)6(11)5(10)8(4)15-2-13/h1H3. The van der Waals surface area contributed by atoms with Crippen LogP contribution in [0.25, 0.3) is 0 Å². The Labute approximate surface area is 101 Å². The summed E-state index contributed by atoms with van der Waals surface area (Å²) < 4.78 is 13.7. The van der Waals surface area contributed by atoms with E-state index in [1.165, 1.54) is 19.3 Å². The zero-order valence-corrected chi connectivity index (χ0v) is 9.43. The minimum absolute atomic E-state index is 0.0185. The molecule has 1 aliphatic rings. The number of hydrogen-bond acceptors (Lipinski definition) is 4. The minimum atomic E-state index is -0.815. The fraction of sp³-hybridized carbons (Fsp3) is 0.111. The van der Waals surface area contributed by atoms with Gasteiger partial charge in [0.05, 0.1) is 10.1 Å². The Morgan fingerprint density at radius 1 is 1.06 bits per heavy atom. The summed E-state index contributed by atoms with van der Waals surface area (Å²) in [4.78, 5) is 6.57. The van der Waals surface area contributed by atoms with Crippen LogP contribution in [0.3, 0.4) is 0 Å². The minimum Gasteiger partial charge on any atom is -0.204 e. The molecule has 0 atom stereocenters. The van der Waals surface area contributed by atoms with Crippen molar-refractivity contribution in [2.75, 3.05) is 0 Å². The fourth-order valence-corrected chi connectivity index (χ4v) is 1.57. The molecule has 0 bridgehead atoms. The lowest BCUT2D eigenvalue weighted by Gasteiger charge is -2.14. The molecule has 0 aliphatic heterocycles. The predicted octanol–water partition coefficient (Wildman–Crippen LogP) is 2.78. The van der Waals surface area contributed by atoms with E-state index in [-0.39, 0.29) is 27.1 Å². The number of nitrogens with zero attached hydrogens (tertiary/aromatic N) is 4. The average molecular weight is 257 g/mol. The Morgan fingerprint density at radius 3 is 2.00 bits per heavy atom. The molecule has 4 nitrogen and oxygen atoms in total. The number of allylic oxidation sites excluding steroid dienone is 4. The monoisotopic (exact) mass is 256 g/mol. The van der Waals surface area contributed by atoms with E-state index in [4.69, 9.17) is 33.7 Å². The second-order valence-electron chi connectivity index (χ2n) is 2.69. The van der Waals surface area contributed by atoms with Crippen molar-refractivity contribution in [2.24, 2.45) is 9.98 Å². The van der Waals surface area contributed by atoms with Crippen LogP contribution in [-0.4, -0.2) is 11.4 Å². The Morgan fingerprint density at radius 2 is 1.50 bits per heavy atom. The topological polar surface area (TPSA) is 72.3 Å². The third-order valence-electron chi connectivity index (χ3n) is 1.82. The van der Waals surface area contributed by atoms with E-state index in [2.05, 4.69) is 9.98 Å². The van der Waals surface area contributed by atoms with Crippen LogP contribution in [0.15, 0.2) is 31.4 Å². The van der Waals surface area contributed by atoms with Crippen molar-refractivity contribution in [3.63, 3.8) is 0 Å². The van der Waals surface area contributed by atoms with E-state index >= 15 is 0 Å². The van der Waals surface area contributed by atoms with E-state index in [9.17, 15) is 4.39 Å². The largest absolute Gasteiger partial charge is 0.206 e. The summed E-state index contributed by atoms with van der Waals surface area (Å²) in [6, 6.07) is 0. The molecule has 1 rings (SSSR count). The molecular formula is C9H3Cl2FN4. The highest BCUT2D eigenvalue weighted by Gasteiger charge is 2.28. The summed E-state index contributed by atoms with van der Waals surface area (Å²) in [5.41, 5.74) is -0.378. The quantitative estimate of drug-likeness (QED) is 0.494. The van der Waals surface area contributed by atoms with Gasteiger partial charge in [-0.2, -0.15) is 20.5 Å². The molecule has 80 valence electrons. The maximum absolute atomic E-state index is 13.7. The molecule has 0 unspecified atom stereocenters. The highest BCUT2D eigenvalue weighted by atomic mass is 35.5. The van der Waals surface area contributed by atoms with E-state index in [0.29, 0.717) is 0 Å². The molecule has 0 saturated heterocycles. The van der Waals surface area contributed by atoms with E-state index in [0.717, 1.165) is 0 Å². The van der Waals surface area contributed by atoms with Gasteiger partial charge in [-0.25, -0.2) is 4.39 Å². The Bertz CT molecular complexity index is 465. The third kappa shape index (κ3) is 1.96. The van der Waals surface area contributed by atoms with Gasteiger partial charge in [-0.3, -0.25) is 0 Å². The Kier molecular flexibility index (Phi) is 3.78. The molecule has 0 spiro atoms. The van der Waals surface area contributed by atoms with Gasteiger partial charge in [0.2, 0.25) is 12.4 Å². The normalized spacial score (nSPS) is 21.4. The SMILES string of the molecule is CC1=C(F)C(=NC#N)C(Cl)=C(Cl)C1=NC#N. The number of halogens is 3. The number of hydrogen-bond donors (Lipinski definition) is 0. The smallest absolute Gasteiger partial charge is 0.204 e. The van der Waals surface area contributed by atoms with Crippen LogP contribution in [0.2, 0.25) is 0 Å². The van der Waals surface area contributed by atoms with Gasteiger partial charge in [0.15, 0.2) is 5.83 Å². The highest BCUT2D eigenvalue weighted by molar-refractivity contribution is 6.60. The van der Waals surface area contributed by atoms with Crippen LogP contribution >= 0.6 is 23.2 Å². The lowest BCUT2D eigenvalue weighted by molar-refractivity contribution is 0.674. The van der Waals surface area contributed by atoms with Crippen molar-refractivity contribution >= 4 is 34.6 Å². The number of rotatable bonds is 0. The lowest BCUT2D eigenvalue weighted by atomic mass is 10.0. The van der Waals surface area contributed by atoms with Crippen LogP contribution < -0.4 is 0 Å². The van der Waals surface area contributed by atoms with Crippen LogP contribution in [-0.2, 0) is 0 Å². The Balaban J connectivity index is 3.52. The number of nitriles is 2. The van der Waals surface area contributed by atoms with Crippen molar-refractivity contribution in [2.45, 2.75) is 6.92 Å². The zero-order valence-electron chi connectivity index (χ0n) is 7.92. The first-order valence-corrected chi connectivity index (χ1v) is 4.66. The molecule has 0 saturated carbocycles. The van der Waals surface area contributed by atoms with E-state index in [1.807, 2.05) is 0 Å². The molecule has 16 heavy (non-hydrogen) atoms. The third-order valence-corrected chi connectivity index (χ3v) is 2.66. The van der Waals surface area contributed by atoms with Gasteiger partial charge >= 0.3 is 0 Å². The van der Waals surface area contributed by atoms with E-state index < -0.39 is 5.83 Å². The Hall–Kier alpha value is -1.69. The summed E-state index contributed by atoms with van der Waals surface area (Å²) in [7, 11) is 0. The summed E-state index contributed by atoms with van der Waals surface area (Å²) in [5, 5.41) is 16.4. The first-order chi connectivity index (χ1) is 7.54. The van der Waals surface area contributed by atoms with Crippen LogP contribution in [0.4, 0.5) is 4.39 Å². The molecule has 0 aromatic carbocycles. The lowest BCUT2D eigenvalue weighted by Crippen LogP contribution is -2.17. The van der Waals surface area contributed by atoms with Gasteiger partial charge in [0.1, 0.15) is 11.4 Å². The molecule has 0 aromatic heterocycles. The van der Waals surface area contributed by atoms with Gasteiger partial charge in [-0.05, 0) is 6.92 Å². The van der Waals surface area contributed by atoms with Crippen LogP contribution in [0, 0.1) is 22.9 Å². The molecular weight excluding hydrogens is 254 g/mol.